The third-order valence-electron chi connectivity index (χ3n) is 5.30. The summed E-state index contributed by atoms with van der Waals surface area (Å²) in [6.45, 7) is 7.78. The van der Waals surface area contributed by atoms with Gasteiger partial charge in [-0.15, -0.1) is 13.2 Å². The third-order valence-corrected chi connectivity index (χ3v) is 5.30. The fourth-order valence-electron chi connectivity index (χ4n) is 4.25. The van der Waals surface area contributed by atoms with Crippen molar-refractivity contribution in [3.63, 3.8) is 0 Å². The highest BCUT2D eigenvalue weighted by Gasteiger charge is 2.45. The Bertz CT molecular complexity index is 370. The van der Waals surface area contributed by atoms with Gasteiger partial charge in [-0.3, -0.25) is 4.79 Å². The first-order valence-corrected chi connectivity index (χ1v) is 7.20. The zero-order chi connectivity index (χ0) is 12.7. The Hall–Kier alpha value is -1.11. The maximum atomic E-state index is 12.7. The van der Waals surface area contributed by atoms with Crippen molar-refractivity contribution in [2.45, 2.75) is 25.7 Å². The molecule has 0 aliphatic heterocycles. The molecule has 2 fully saturated rings. The predicted octanol–water partition coefficient (Wildman–Crippen LogP) is 3.78. The molecule has 0 saturated heterocycles. The molecule has 0 N–H and O–H groups in total. The van der Waals surface area contributed by atoms with Crippen LogP contribution in [0.15, 0.2) is 37.5 Å². The van der Waals surface area contributed by atoms with E-state index in [1.54, 1.807) is 0 Å². The van der Waals surface area contributed by atoms with Crippen molar-refractivity contribution in [2.24, 2.45) is 35.5 Å². The number of carbonyl (C=O) groups is 1. The number of hydrogen-bond donors (Lipinski definition) is 0. The van der Waals surface area contributed by atoms with Crippen LogP contribution in [0.5, 0.6) is 0 Å². The molecule has 0 radical (unpaired) electrons. The average molecular weight is 242 g/mol. The lowest BCUT2D eigenvalue weighted by Gasteiger charge is -2.18. The minimum absolute atomic E-state index is 0.266. The maximum Gasteiger partial charge on any atom is 0.140 e. The quantitative estimate of drug-likeness (QED) is 0.673. The van der Waals surface area contributed by atoms with Gasteiger partial charge in [0.05, 0.1) is 0 Å². The smallest absolute Gasteiger partial charge is 0.140 e. The van der Waals surface area contributed by atoms with Crippen molar-refractivity contribution in [2.75, 3.05) is 0 Å². The fraction of sp³-hybridized carbons (Fsp3) is 0.588. The highest BCUT2D eigenvalue weighted by Crippen LogP contribution is 2.48. The van der Waals surface area contributed by atoms with Crippen LogP contribution in [0, 0.1) is 35.5 Å². The first-order chi connectivity index (χ1) is 8.72. The van der Waals surface area contributed by atoms with Gasteiger partial charge in [0.15, 0.2) is 0 Å². The highest BCUT2D eigenvalue weighted by molar-refractivity contribution is 5.85. The number of fused-ring (bicyclic) bond motifs is 2. The van der Waals surface area contributed by atoms with E-state index in [4.69, 9.17) is 0 Å². The van der Waals surface area contributed by atoms with Crippen LogP contribution in [0.25, 0.3) is 0 Å². The Kier molecular flexibility index (Phi) is 3.01. The molecule has 96 valence electrons. The molecule has 1 heteroatoms. The van der Waals surface area contributed by atoms with Gasteiger partial charge in [0.1, 0.15) is 5.78 Å². The molecule has 6 atom stereocenters. The molecule has 0 unspecified atom stereocenters. The van der Waals surface area contributed by atoms with E-state index in [2.05, 4.69) is 25.3 Å². The van der Waals surface area contributed by atoms with E-state index < -0.39 is 0 Å². The molecule has 18 heavy (non-hydrogen) atoms. The average Bonchev–Trinajstić information content (AvgIpc) is 2.97. The Morgan fingerprint density at radius 1 is 0.889 bits per heavy atom. The monoisotopic (exact) mass is 242 g/mol. The van der Waals surface area contributed by atoms with Gasteiger partial charge in [-0.25, -0.2) is 0 Å². The number of allylic oxidation sites excluding steroid dienone is 4. The Labute approximate surface area is 110 Å². The van der Waals surface area contributed by atoms with Gasteiger partial charge in [0.2, 0.25) is 0 Å². The van der Waals surface area contributed by atoms with Gasteiger partial charge in [0, 0.05) is 11.8 Å². The van der Waals surface area contributed by atoms with Gasteiger partial charge in [0.25, 0.3) is 0 Å². The van der Waals surface area contributed by atoms with E-state index in [-0.39, 0.29) is 11.8 Å². The van der Waals surface area contributed by atoms with Crippen molar-refractivity contribution < 1.29 is 4.79 Å². The summed E-state index contributed by atoms with van der Waals surface area (Å²) < 4.78 is 0. The van der Waals surface area contributed by atoms with Gasteiger partial charge >= 0.3 is 0 Å². The third kappa shape index (κ3) is 1.81. The summed E-state index contributed by atoms with van der Waals surface area (Å²) in [5, 5.41) is 0. The molecule has 0 aromatic carbocycles. The zero-order valence-corrected chi connectivity index (χ0v) is 10.9. The molecule has 0 aromatic rings. The second-order valence-electron chi connectivity index (χ2n) is 6.26. The van der Waals surface area contributed by atoms with Crippen LogP contribution >= 0.6 is 0 Å². The Balaban J connectivity index is 1.84. The lowest BCUT2D eigenvalue weighted by atomic mass is 9.84. The zero-order valence-electron chi connectivity index (χ0n) is 10.9. The second kappa shape index (κ2) is 4.53. The highest BCUT2D eigenvalue weighted by atomic mass is 16.1. The van der Waals surface area contributed by atoms with Crippen molar-refractivity contribution in [1.82, 2.24) is 0 Å². The van der Waals surface area contributed by atoms with Gasteiger partial charge in [-0.2, -0.15) is 0 Å². The molecule has 0 bridgehead atoms. The van der Waals surface area contributed by atoms with Crippen LogP contribution in [0.4, 0.5) is 0 Å². The summed E-state index contributed by atoms with van der Waals surface area (Å²) in [7, 11) is 0. The number of Topliss-reactive ketones (excluding diaryl/α,β-unsaturated/α-hetero) is 1. The molecule has 3 aliphatic carbocycles. The summed E-state index contributed by atoms with van der Waals surface area (Å²) in [4.78, 5) is 12.7. The normalized spacial score (nSPS) is 46.3. The summed E-state index contributed by atoms with van der Waals surface area (Å²) in [6, 6.07) is 0. The van der Waals surface area contributed by atoms with E-state index in [1.165, 1.54) is 0 Å². The maximum absolute atomic E-state index is 12.7. The van der Waals surface area contributed by atoms with Crippen LogP contribution in [-0.2, 0) is 4.79 Å². The largest absolute Gasteiger partial charge is 0.299 e. The molecule has 0 amide bonds. The van der Waals surface area contributed by atoms with E-state index >= 15 is 0 Å². The predicted molar refractivity (Wildman–Crippen MR) is 73.9 cm³/mol. The molecular formula is C17H22O. The molecule has 2 saturated carbocycles. The van der Waals surface area contributed by atoms with Crippen LogP contribution in [0.2, 0.25) is 0 Å². The van der Waals surface area contributed by atoms with E-state index in [9.17, 15) is 4.79 Å². The van der Waals surface area contributed by atoms with Crippen molar-refractivity contribution >= 4 is 5.78 Å². The Morgan fingerprint density at radius 3 is 1.72 bits per heavy atom. The topological polar surface area (TPSA) is 17.1 Å². The number of carbonyl (C=O) groups excluding carboxylic acids is 1. The summed E-state index contributed by atoms with van der Waals surface area (Å²) >= 11 is 0. The van der Waals surface area contributed by atoms with Crippen LogP contribution in [0.1, 0.15) is 25.7 Å². The number of ketones is 1. The summed E-state index contributed by atoms with van der Waals surface area (Å²) in [6.07, 6.45) is 13.0. The van der Waals surface area contributed by atoms with Crippen molar-refractivity contribution in [3.05, 3.63) is 37.5 Å². The molecule has 3 aliphatic rings. The van der Waals surface area contributed by atoms with Crippen LogP contribution in [0.3, 0.4) is 0 Å². The molecular weight excluding hydrogens is 220 g/mol. The van der Waals surface area contributed by atoms with Gasteiger partial charge in [-0.05, 0) is 49.4 Å². The molecule has 3 rings (SSSR count). The van der Waals surface area contributed by atoms with E-state index in [1.807, 2.05) is 12.2 Å². The van der Waals surface area contributed by atoms with E-state index in [0.717, 1.165) is 25.7 Å². The van der Waals surface area contributed by atoms with Crippen molar-refractivity contribution in [1.29, 1.82) is 0 Å². The SMILES string of the molecule is C=C[C@H]1C[C@H]2C=C[C@H]3C[C@@H](C=C)C[C@@H]3C(=O)[C@H]2C1. The van der Waals surface area contributed by atoms with Crippen LogP contribution < -0.4 is 0 Å². The van der Waals surface area contributed by atoms with Gasteiger partial charge < -0.3 is 0 Å². The summed E-state index contributed by atoms with van der Waals surface area (Å²) in [5.74, 6) is 3.11. The van der Waals surface area contributed by atoms with E-state index in [0.29, 0.717) is 29.5 Å². The molecule has 0 heterocycles. The molecule has 1 nitrogen and oxygen atoms in total. The fourth-order valence-corrected chi connectivity index (χ4v) is 4.25. The first-order valence-electron chi connectivity index (χ1n) is 7.20. The second-order valence-corrected chi connectivity index (χ2v) is 6.26. The number of hydrogen-bond acceptors (Lipinski definition) is 1. The lowest BCUT2D eigenvalue weighted by Crippen LogP contribution is -2.25. The van der Waals surface area contributed by atoms with Gasteiger partial charge in [-0.1, -0.05) is 24.3 Å². The Morgan fingerprint density at radius 2 is 1.33 bits per heavy atom. The minimum Gasteiger partial charge on any atom is -0.299 e. The minimum atomic E-state index is 0.266. The lowest BCUT2D eigenvalue weighted by molar-refractivity contribution is -0.127. The molecule has 0 aromatic heterocycles. The molecule has 0 spiro atoms. The van der Waals surface area contributed by atoms with Crippen LogP contribution in [-0.4, -0.2) is 5.78 Å². The summed E-state index contributed by atoms with van der Waals surface area (Å²) in [5.41, 5.74) is 0. The number of rotatable bonds is 2. The standard InChI is InChI=1S/C17H22O/c1-3-11-7-13-5-6-14-8-12(4-2)10-16(14)17(18)15(13)9-11/h3-6,11-16H,1-2,7-10H2/t11-,12+,13+,14-,15-,16-/m0/s1. The van der Waals surface area contributed by atoms with Crippen molar-refractivity contribution in [3.8, 4) is 0 Å². The first kappa shape index (κ1) is 12.0.